The van der Waals surface area contributed by atoms with Gasteiger partial charge in [-0.2, -0.15) is 5.26 Å². The molecule has 0 amide bonds. The minimum absolute atomic E-state index is 0.117. The van der Waals surface area contributed by atoms with E-state index in [0.717, 1.165) is 19.3 Å². The van der Waals surface area contributed by atoms with Crippen LogP contribution >= 0.6 is 0 Å². The lowest BCUT2D eigenvalue weighted by Crippen LogP contribution is -2.46. The Hall–Kier alpha value is -0.630. The summed E-state index contributed by atoms with van der Waals surface area (Å²) < 4.78 is 5.11. The Bertz CT molecular complexity index is 222. The lowest BCUT2D eigenvalue weighted by molar-refractivity contribution is 0.133. The minimum Gasteiger partial charge on any atom is -0.396 e. The second kappa shape index (κ2) is 7.61. The van der Waals surface area contributed by atoms with Crippen LogP contribution < -0.4 is 5.32 Å². The lowest BCUT2D eigenvalue weighted by Gasteiger charge is -2.31. The van der Waals surface area contributed by atoms with Crippen molar-refractivity contribution in [1.82, 2.24) is 5.32 Å². The highest BCUT2D eigenvalue weighted by atomic mass is 16.5. The van der Waals surface area contributed by atoms with Gasteiger partial charge in [-0.1, -0.05) is 12.8 Å². The number of hydrogen-bond acceptors (Lipinski definition) is 4. The standard InChI is InChI=1S/C12H22N2O2/c1-16-9-11(6-7-15)14-12-5-3-2-4-10(12)8-13/h10-12,14-15H,2-7,9H2,1H3. The van der Waals surface area contributed by atoms with Crippen LogP contribution in [0, 0.1) is 17.2 Å². The van der Waals surface area contributed by atoms with Crippen LogP contribution in [0.5, 0.6) is 0 Å². The molecule has 3 atom stereocenters. The van der Waals surface area contributed by atoms with E-state index in [1.165, 1.54) is 6.42 Å². The molecule has 0 aromatic carbocycles. The van der Waals surface area contributed by atoms with Crippen molar-refractivity contribution >= 4 is 0 Å². The third-order valence-corrected chi connectivity index (χ3v) is 3.23. The van der Waals surface area contributed by atoms with Crippen molar-refractivity contribution in [3.63, 3.8) is 0 Å². The zero-order valence-electron chi connectivity index (χ0n) is 9.98. The molecule has 0 radical (unpaired) electrons. The van der Waals surface area contributed by atoms with Crippen molar-refractivity contribution in [2.75, 3.05) is 20.3 Å². The van der Waals surface area contributed by atoms with Gasteiger partial charge in [0.15, 0.2) is 0 Å². The predicted molar refractivity (Wildman–Crippen MR) is 61.9 cm³/mol. The molecule has 0 saturated heterocycles. The molecule has 0 spiro atoms. The third kappa shape index (κ3) is 4.09. The molecular formula is C12H22N2O2. The summed E-state index contributed by atoms with van der Waals surface area (Å²) in [6, 6.07) is 2.81. The van der Waals surface area contributed by atoms with Crippen LogP contribution in [0.15, 0.2) is 0 Å². The van der Waals surface area contributed by atoms with Crippen molar-refractivity contribution in [2.24, 2.45) is 5.92 Å². The Balaban J connectivity index is 2.44. The maximum absolute atomic E-state index is 9.06. The fourth-order valence-corrected chi connectivity index (χ4v) is 2.36. The number of nitrogens with zero attached hydrogens (tertiary/aromatic N) is 1. The van der Waals surface area contributed by atoms with Gasteiger partial charge >= 0.3 is 0 Å². The molecule has 92 valence electrons. The average Bonchev–Trinajstić information content (AvgIpc) is 2.30. The molecule has 0 heterocycles. The summed E-state index contributed by atoms with van der Waals surface area (Å²) in [7, 11) is 1.66. The van der Waals surface area contributed by atoms with Gasteiger partial charge in [0.2, 0.25) is 0 Å². The second-order valence-electron chi connectivity index (χ2n) is 4.46. The molecule has 1 fully saturated rings. The zero-order chi connectivity index (χ0) is 11.8. The van der Waals surface area contributed by atoms with Crippen LogP contribution in [-0.2, 0) is 4.74 Å². The maximum atomic E-state index is 9.06. The van der Waals surface area contributed by atoms with Gasteiger partial charge in [0.1, 0.15) is 0 Å². The fraction of sp³-hybridized carbons (Fsp3) is 0.917. The quantitative estimate of drug-likeness (QED) is 0.710. The first-order valence-corrected chi connectivity index (χ1v) is 6.07. The molecule has 4 heteroatoms. The van der Waals surface area contributed by atoms with Crippen molar-refractivity contribution in [1.29, 1.82) is 5.26 Å². The van der Waals surface area contributed by atoms with Gasteiger partial charge in [-0.15, -0.1) is 0 Å². The molecule has 1 aliphatic carbocycles. The molecular weight excluding hydrogens is 204 g/mol. The number of aliphatic hydroxyl groups excluding tert-OH is 1. The highest BCUT2D eigenvalue weighted by molar-refractivity contribution is 4.95. The number of nitriles is 1. The summed E-state index contributed by atoms with van der Waals surface area (Å²) in [5, 5.41) is 21.5. The van der Waals surface area contributed by atoms with E-state index in [2.05, 4.69) is 11.4 Å². The van der Waals surface area contributed by atoms with Gasteiger partial charge in [0.25, 0.3) is 0 Å². The molecule has 1 saturated carbocycles. The maximum Gasteiger partial charge on any atom is 0.0672 e. The van der Waals surface area contributed by atoms with Gasteiger partial charge in [-0.25, -0.2) is 0 Å². The van der Waals surface area contributed by atoms with E-state index < -0.39 is 0 Å². The van der Waals surface area contributed by atoms with Gasteiger partial charge < -0.3 is 15.2 Å². The molecule has 1 rings (SSSR count). The third-order valence-electron chi connectivity index (χ3n) is 3.23. The molecule has 0 aromatic rings. The van der Waals surface area contributed by atoms with Crippen LogP contribution in [0.2, 0.25) is 0 Å². The van der Waals surface area contributed by atoms with E-state index in [0.29, 0.717) is 13.0 Å². The Morgan fingerprint density at radius 2 is 2.25 bits per heavy atom. The van der Waals surface area contributed by atoms with Crippen LogP contribution in [0.3, 0.4) is 0 Å². The van der Waals surface area contributed by atoms with Crippen molar-refractivity contribution in [3.8, 4) is 6.07 Å². The second-order valence-corrected chi connectivity index (χ2v) is 4.46. The summed E-state index contributed by atoms with van der Waals surface area (Å²) in [5.41, 5.74) is 0. The topological polar surface area (TPSA) is 65.3 Å². The Morgan fingerprint density at radius 3 is 2.88 bits per heavy atom. The summed E-state index contributed by atoms with van der Waals surface area (Å²) in [4.78, 5) is 0. The summed E-state index contributed by atoms with van der Waals surface area (Å²) >= 11 is 0. The van der Waals surface area contributed by atoms with Crippen LogP contribution in [0.1, 0.15) is 32.1 Å². The summed E-state index contributed by atoms with van der Waals surface area (Å²) in [6.07, 6.45) is 5.08. The normalized spacial score (nSPS) is 27.3. The first-order chi connectivity index (χ1) is 7.81. The van der Waals surface area contributed by atoms with Gasteiger partial charge in [0, 0.05) is 25.8 Å². The summed E-state index contributed by atoms with van der Waals surface area (Å²) in [6.45, 7) is 0.750. The first-order valence-electron chi connectivity index (χ1n) is 6.07. The van der Waals surface area contributed by atoms with E-state index in [9.17, 15) is 0 Å². The molecule has 1 aliphatic rings. The molecule has 16 heavy (non-hydrogen) atoms. The van der Waals surface area contributed by atoms with Gasteiger partial charge in [0.05, 0.1) is 18.6 Å². The Kier molecular flexibility index (Phi) is 6.39. The number of aliphatic hydroxyl groups is 1. The smallest absolute Gasteiger partial charge is 0.0672 e. The number of nitrogens with one attached hydrogen (secondary N) is 1. The van der Waals surface area contributed by atoms with E-state index in [4.69, 9.17) is 15.1 Å². The molecule has 4 nitrogen and oxygen atoms in total. The monoisotopic (exact) mass is 226 g/mol. The van der Waals surface area contributed by atoms with E-state index in [1.54, 1.807) is 7.11 Å². The summed E-state index contributed by atoms with van der Waals surface area (Å²) in [5.74, 6) is 0.117. The average molecular weight is 226 g/mol. The Labute approximate surface area is 97.6 Å². The molecule has 0 aliphatic heterocycles. The molecule has 2 N–H and O–H groups in total. The fourth-order valence-electron chi connectivity index (χ4n) is 2.36. The van der Waals surface area contributed by atoms with Gasteiger partial charge in [-0.3, -0.25) is 0 Å². The van der Waals surface area contributed by atoms with Crippen LogP contribution in [0.4, 0.5) is 0 Å². The van der Waals surface area contributed by atoms with Crippen molar-refractivity contribution in [3.05, 3.63) is 0 Å². The van der Waals surface area contributed by atoms with Crippen LogP contribution in [-0.4, -0.2) is 37.5 Å². The molecule has 0 aromatic heterocycles. The highest BCUT2D eigenvalue weighted by Crippen LogP contribution is 2.24. The number of rotatable bonds is 6. The van der Waals surface area contributed by atoms with E-state index in [1.807, 2.05) is 0 Å². The van der Waals surface area contributed by atoms with Crippen molar-refractivity contribution < 1.29 is 9.84 Å². The van der Waals surface area contributed by atoms with Gasteiger partial charge in [-0.05, 0) is 19.3 Å². The number of methoxy groups -OCH3 is 1. The number of hydrogen-bond donors (Lipinski definition) is 2. The molecule has 3 unspecified atom stereocenters. The van der Waals surface area contributed by atoms with E-state index >= 15 is 0 Å². The van der Waals surface area contributed by atoms with Crippen molar-refractivity contribution in [2.45, 2.75) is 44.2 Å². The SMILES string of the molecule is COCC(CCO)NC1CCCCC1C#N. The number of ether oxygens (including phenoxy) is 1. The predicted octanol–water partition coefficient (Wildman–Crippen LogP) is 1.06. The first kappa shape index (κ1) is 13.4. The largest absolute Gasteiger partial charge is 0.396 e. The Morgan fingerprint density at radius 1 is 1.50 bits per heavy atom. The highest BCUT2D eigenvalue weighted by Gasteiger charge is 2.26. The van der Waals surface area contributed by atoms with Crippen LogP contribution in [0.25, 0.3) is 0 Å². The van der Waals surface area contributed by atoms with E-state index in [-0.39, 0.29) is 24.6 Å². The zero-order valence-corrected chi connectivity index (χ0v) is 9.98. The minimum atomic E-state index is 0.117. The lowest BCUT2D eigenvalue weighted by atomic mass is 9.85. The molecule has 0 bridgehead atoms.